The highest BCUT2D eigenvalue weighted by atomic mass is 16.5. The molecule has 1 saturated heterocycles. The maximum absolute atomic E-state index is 9.60. The zero-order valence-corrected chi connectivity index (χ0v) is 11.7. The predicted octanol–water partition coefficient (Wildman–Crippen LogP) is 1.71. The van der Waals surface area contributed by atoms with Crippen molar-refractivity contribution in [2.45, 2.75) is 58.7 Å². The van der Waals surface area contributed by atoms with Crippen LogP contribution in [0.3, 0.4) is 0 Å². The number of piperidine rings is 1. The van der Waals surface area contributed by atoms with Gasteiger partial charge in [-0.1, -0.05) is 0 Å². The van der Waals surface area contributed by atoms with Crippen LogP contribution in [0.4, 0.5) is 0 Å². The highest BCUT2D eigenvalue weighted by Crippen LogP contribution is 2.22. The molecule has 2 N–H and O–H groups in total. The average molecular weight is 245 g/mol. The van der Waals surface area contributed by atoms with Crippen LogP contribution in [0.2, 0.25) is 0 Å². The van der Waals surface area contributed by atoms with Crippen molar-refractivity contribution in [1.82, 2.24) is 5.32 Å². The molecule has 17 heavy (non-hydrogen) atoms. The Bertz CT molecular complexity index is 210. The molecule has 0 spiro atoms. The van der Waals surface area contributed by atoms with Gasteiger partial charge in [0.2, 0.25) is 0 Å². The summed E-state index contributed by atoms with van der Waals surface area (Å²) < 4.78 is 4.55. The first-order valence-corrected chi connectivity index (χ1v) is 6.21. The molecule has 4 heteroatoms. The van der Waals surface area contributed by atoms with Crippen molar-refractivity contribution < 1.29 is 14.6 Å². The first-order valence-electron chi connectivity index (χ1n) is 6.21. The number of carbonyl (C=O) groups excluding carboxylic acids is 1. The van der Waals surface area contributed by atoms with Crippen LogP contribution < -0.4 is 5.32 Å². The van der Waals surface area contributed by atoms with Gasteiger partial charge < -0.3 is 15.2 Å². The fraction of sp³-hybridized carbons (Fsp3) is 0.923. The van der Waals surface area contributed by atoms with Crippen LogP contribution in [-0.4, -0.2) is 35.9 Å². The van der Waals surface area contributed by atoms with Crippen LogP contribution in [0, 0.1) is 5.92 Å². The first-order chi connectivity index (χ1) is 7.67. The molecular formula is C13H27NO3. The Balaban J connectivity index is 0.000000325. The number of carbonyl (C=O) groups is 1. The van der Waals surface area contributed by atoms with Crippen LogP contribution in [-0.2, 0) is 9.53 Å². The van der Waals surface area contributed by atoms with Gasteiger partial charge in [0.15, 0.2) is 0 Å². The minimum atomic E-state index is -0.493. The van der Waals surface area contributed by atoms with E-state index in [-0.39, 0.29) is 5.60 Å². The molecule has 0 aromatic carbocycles. The molecule has 102 valence electrons. The Morgan fingerprint density at radius 3 is 2.06 bits per heavy atom. The van der Waals surface area contributed by atoms with E-state index >= 15 is 0 Å². The van der Waals surface area contributed by atoms with Crippen molar-refractivity contribution in [1.29, 1.82) is 0 Å². The third-order valence-corrected chi connectivity index (χ3v) is 2.70. The molecule has 0 saturated carbocycles. The molecule has 0 aromatic rings. The molecule has 0 bridgehead atoms. The van der Waals surface area contributed by atoms with Gasteiger partial charge in [-0.05, 0) is 59.9 Å². The zero-order valence-electron chi connectivity index (χ0n) is 11.7. The van der Waals surface area contributed by atoms with Crippen LogP contribution in [0.15, 0.2) is 0 Å². The fourth-order valence-electron chi connectivity index (χ4n) is 1.60. The average Bonchev–Trinajstić information content (AvgIpc) is 2.17. The lowest BCUT2D eigenvalue weighted by Gasteiger charge is -2.32. The van der Waals surface area contributed by atoms with Gasteiger partial charge in [-0.15, -0.1) is 0 Å². The van der Waals surface area contributed by atoms with Crippen LogP contribution in [0.1, 0.15) is 47.5 Å². The molecule has 1 rings (SSSR count). The molecule has 0 radical (unpaired) electrons. The number of ether oxygens (including phenoxy) is 1. The molecule has 0 amide bonds. The maximum atomic E-state index is 9.60. The lowest BCUT2D eigenvalue weighted by molar-refractivity contribution is -0.138. The van der Waals surface area contributed by atoms with Crippen molar-refractivity contribution in [3.63, 3.8) is 0 Å². The van der Waals surface area contributed by atoms with Gasteiger partial charge in [0.05, 0.1) is 5.60 Å². The van der Waals surface area contributed by atoms with Gasteiger partial charge in [0.25, 0.3) is 6.47 Å². The zero-order chi connectivity index (χ0) is 13.5. The Morgan fingerprint density at radius 1 is 1.29 bits per heavy atom. The van der Waals surface area contributed by atoms with Crippen LogP contribution >= 0.6 is 0 Å². The molecule has 0 aliphatic carbocycles. The Labute approximate surface area is 105 Å². The van der Waals surface area contributed by atoms with Crippen molar-refractivity contribution >= 4 is 6.47 Å². The lowest BCUT2D eigenvalue weighted by Crippen LogP contribution is -2.42. The summed E-state index contributed by atoms with van der Waals surface area (Å²) in [4.78, 5) is 9.60. The minimum Gasteiger partial charge on any atom is -0.462 e. The molecule has 1 heterocycles. The summed E-state index contributed by atoms with van der Waals surface area (Å²) in [6, 6.07) is 0. The Hall–Kier alpha value is -0.610. The second-order valence-corrected chi connectivity index (χ2v) is 6.02. The minimum absolute atomic E-state index is 0.318. The molecule has 1 unspecified atom stereocenters. The van der Waals surface area contributed by atoms with E-state index in [2.05, 4.69) is 10.1 Å². The third-order valence-electron chi connectivity index (χ3n) is 2.70. The number of rotatable bonds is 2. The van der Waals surface area contributed by atoms with Crippen LogP contribution in [0.25, 0.3) is 0 Å². The SMILES string of the molecule is CC(C)(C)OC=O.CC(C)(O)C1CCCNC1. The number of hydrogen-bond acceptors (Lipinski definition) is 4. The second-order valence-electron chi connectivity index (χ2n) is 6.02. The number of hydrogen-bond donors (Lipinski definition) is 2. The summed E-state index contributed by atoms with van der Waals surface area (Å²) in [6.45, 7) is 11.8. The molecule has 1 aliphatic heterocycles. The first kappa shape index (κ1) is 16.4. The molecule has 1 atom stereocenters. The summed E-state index contributed by atoms with van der Waals surface area (Å²) in [6.07, 6.45) is 2.37. The van der Waals surface area contributed by atoms with Gasteiger partial charge in [0.1, 0.15) is 5.60 Å². The molecular weight excluding hydrogens is 218 g/mol. The van der Waals surface area contributed by atoms with E-state index in [0.29, 0.717) is 12.4 Å². The molecule has 1 aliphatic rings. The highest BCUT2D eigenvalue weighted by Gasteiger charge is 2.27. The second kappa shape index (κ2) is 6.97. The van der Waals surface area contributed by atoms with E-state index in [1.165, 1.54) is 6.42 Å². The summed E-state index contributed by atoms with van der Waals surface area (Å²) in [5.74, 6) is 0.446. The maximum Gasteiger partial charge on any atom is 0.293 e. The normalized spacial score (nSPS) is 21.2. The van der Waals surface area contributed by atoms with Gasteiger partial charge in [-0.2, -0.15) is 0 Å². The van der Waals surface area contributed by atoms with Gasteiger partial charge in [-0.25, -0.2) is 0 Å². The quantitative estimate of drug-likeness (QED) is 0.727. The highest BCUT2D eigenvalue weighted by molar-refractivity contribution is 5.37. The molecule has 4 nitrogen and oxygen atoms in total. The summed E-state index contributed by atoms with van der Waals surface area (Å²) in [5, 5.41) is 12.9. The molecule has 1 fully saturated rings. The monoisotopic (exact) mass is 245 g/mol. The topological polar surface area (TPSA) is 58.6 Å². The standard InChI is InChI=1S/C8H17NO.C5H10O2/c1-8(2,10)7-4-3-5-9-6-7;1-5(2,3)7-4-6/h7,9-10H,3-6H2,1-2H3;4H,1-3H3. The summed E-state index contributed by atoms with van der Waals surface area (Å²) in [5.41, 5.74) is -0.810. The fourth-order valence-corrected chi connectivity index (χ4v) is 1.60. The predicted molar refractivity (Wildman–Crippen MR) is 68.8 cm³/mol. The Kier molecular flexibility index (Phi) is 6.72. The Morgan fingerprint density at radius 2 is 1.88 bits per heavy atom. The largest absolute Gasteiger partial charge is 0.462 e. The van der Waals surface area contributed by atoms with Crippen molar-refractivity contribution in [3.05, 3.63) is 0 Å². The summed E-state index contributed by atoms with van der Waals surface area (Å²) >= 11 is 0. The number of aliphatic hydroxyl groups is 1. The van der Waals surface area contributed by atoms with Crippen molar-refractivity contribution in [2.24, 2.45) is 5.92 Å². The summed E-state index contributed by atoms with van der Waals surface area (Å²) in [7, 11) is 0. The van der Waals surface area contributed by atoms with Crippen molar-refractivity contribution in [2.75, 3.05) is 13.1 Å². The van der Waals surface area contributed by atoms with Gasteiger partial charge >= 0.3 is 0 Å². The van der Waals surface area contributed by atoms with E-state index in [1.807, 2.05) is 34.6 Å². The number of nitrogens with one attached hydrogen (secondary N) is 1. The van der Waals surface area contributed by atoms with Gasteiger partial charge in [-0.3, -0.25) is 4.79 Å². The van der Waals surface area contributed by atoms with E-state index < -0.39 is 5.60 Å². The third kappa shape index (κ3) is 9.12. The van der Waals surface area contributed by atoms with E-state index in [0.717, 1.165) is 19.5 Å². The van der Waals surface area contributed by atoms with E-state index in [9.17, 15) is 9.90 Å². The van der Waals surface area contributed by atoms with Gasteiger partial charge in [0, 0.05) is 6.54 Å². The van der Waals surface area contributed by atoms with Crippen LogP contribution in [0.5, 0.6) is 0 Å². The smallest absolute Gasteiger partial charge is 0.293 e. The van der Waals surface area contributed by atoms with E-state index in [4.69, 9.17) is 0 Å². The van der Waals surface area contributed by atoms with Crippen molar-refractivity contribution in [3.8, 4) is 0 Å². The lowest BCUT2D eigenvalue weighted by atomic mass is 9.85. The molecule has 0 aromatic heterocycles. The van der Waals surface area contributed by atoms with E-state index in [1.54, 1.807) is 0 Å².